The Hall–Kier alpha value is -1.88. The van der Waals surface area contributed by atoms with E-state index in [4.69, 9.17) is 0 Å². The first-order valence-corrected chi connectivity index (χ1v) is 9.25. The standard InChI is InChI=1S/C19H25N3O2/c1-12-4-2-5-13(10-12)20-18-7-3-6-15-16-11-14(22(23)24)8-9-17(16)21-19(15)18/h8-9,11-13,18,20-21H,2-7,10H2,1H3/p+1/t12-,13-,18-/m1/s1. The molecule has 1 aromatic carbocycles. The van der Waals surface area contributed by atoms with Crippen molar-refractivity contribution in [2.24, 2.45) is 5.92 Å². The van der Waals surface area contributed by atoms with Gasteiger partial charge in [-0.15, -0.1) is 0 Å². The minimum absolute atomic E-state index is 0.191. The largest absolute Gasteiger partial charge is 0.353 e. The van der Waals surface area contributed by atoms with Crippen molar-refractivity contribution < 1.29 is 10.2 Å². The smallest absolute Gasteiger partial charge is 0.270 e. The first-order valence-electron chi connectivity index (χ1n) is 9.25. The molecule has 0 saturated heterocycles. The number of aromatic amines is 1. The Morgan fingerprint density at radius 2 is 2.12 bits per heavy atom. The third-order valence-electron chi connectivity index (χ3n) is 5.93. The van der Waals surface area contributed by atoms with Crippen molar-refractivity contribution in [3.63, 3.8) is 0 Å². The molecule has 0 unspecified atom stereocenters. The average molecular weight is 328 g/mol. The molecule has 24 heavy (non-hydrogen) atoms. The van der Waals surface area contributed by atoms with Crippen LogP contribution in [0.3, 0.4) is 0 Å². The second kappa shape index (κ2) is 6.20. The zero-order valence-electron chi connectivity index (χ0n) is 14.3. The minimum atomic E-state index is -0.297. The van der Waals surface area contributed by atoms with Gasteiger partial charge in [-0.3, -0.25) is 10.1 Å². The van der Waals surface area contributed by atoms with E-state index in [0.29, 0.717) is 6.04 Å². The summed E-state index contributed by atoms with van der Waals surface area (Å²) >= 11 is 0. The topological polar surface area (TPSA) is 75.5 Å². The monoisotopic (exact) mass is 328 g/mol. The molecule has 0 aliphatic heterocycles. The maximum Gasteiger partial charge on any atom is 0.270 e. The van der Waals surface area contributed by atoms with Gasteiger partial charge in [-0.2, -0.15) is 0 Å². The van der Waals surface area contributed by atoms with Crippen LogP contribution in [0.5, 0.6) is 0 Å². The summed E-state index contributed by atoms with van der Waals surface area (Å²) in [4.78, 5) is 14.4. The molecular weight excluding hydrogens is 302 g/mol. The number of benzene rings is 1. The highest BCUT2D eigenvalue weighted by atomic mass is 16.6. The molecule has 2 aliphatic carbocycles. The van der Waals surface area contributed by atoms with Gasteiger partial charge in [0, 0.05) is 35.9 Å². The summed E-state index contributed by atoms with van der Waals surface area (Å²) in [7, 11) is 0. The van der Waals surface area contributed by atoms with Gasteiger partial charge in [0.2, 0.25) is 0 Å². The Kier molecular flexibility index (Phi) is 4.04. The predicted octanol–water partition coefficient (Wildman–Crippen LogP) is 3.60. The number of aryl methyl sites for hydroxylation is 1. The summed E-state index contributed by atoms with van der Waals surface area (Å²) in [6.45, 7) is 2.37. The highest BCUT2D eigenvalue weighted by Crippen LogP contribution is 2.35. The average Bonchev–Trinajstić information content (AvgIpc) is 2.94. The van der Waals surface area contributed by atoms with Gasteiger partial charge in [-0.25, -0.2) is 0 Å². The van der Waals surface area contributed by atoms with Crippen molar-refractivity contribution in [2.45, 2.75) is 64.0 Å². The molecule has 1 saturated carbocycles. The number of hydrogen-bond acceptors (Lipinski definition) is 2. The summed E-state index contributed by atoms with van der Waals surface area (Å²) < 4.78 is 0. The normalized spacial score (nSPS) is 27.1. The SMILES string of the molecule is C[C@@H]1CCC[C@@H]([NH2+][C@@H]2CCCc3c2[nH]c2ccc([N+](=O)[O-])cc32)C1. The van der Waals surface area contributed by atoms with Gasteiger partial charge in [0.25, 0.3) is 5.69 Å². The Labute approximate surface area is 142 Å². The lowest BCUT2D eigenvalue weighted by Crippen LogP contribution is -2.91. The summed E-state index contributed by atoms with van der Waals surface area (Å²) in [5, 5.41) is 14.7. The number of nitro benzene ring substituents is 1. The Morgan fingerprint density at radius 1 is 1.25 bits per heavy atom. The number of nitrogens with one attached hydrogen (secondary N) is 1. The summed E-state index contributed by atoms with van der Waals surface area (Å²) in [5.41, 5.74) is 3.86. The molecule has 2 aromatic rings. The van der Waals surface area contributed by atoms with Gasteiger partial charge in [-0.05, 0) is 43.2 Å². The maximum absolute atomic E-state index is 11.1. The molecule has 3 atom stereocenters. The highest BCUT2D eigenvalue weighted by Gasteiger charge is 2.31. The van der Waals surface area contributed by atoms with E-state index in [1.807, 2.05) is 6.07 Å². The fourth-order valence-electron chi connectivity index (χ4n) is 4.78. The summed E-state index contributed by atoms with van der Waals surface area (Å²) in [5.74, 6) is 0.841. The van der Waals surface area contributed by atoms with Gasteiger partial charge >= 0.3 is 0 Å². The number of fused-ring (bicyclic) bond motifs is 3. The van der Waals surface area contributed by atoms with E-state index in [-0.39, 0.29) is 10.6 Å². The van der Waals surface area contributed by atoms with Crippen LogP contribution in [-0.2, 0) is 6.42 Å². The van der Waals surface area contributed by atoms with Crippen LogP contribution in [-0.4, -0.2) is 15.9 Å². The number of H-pyrrole nitrogens is 1. The molecule has 1 heterocycles. The van der Waals surface area contributed by atoms with E-state index in [1.165, 1.54) is 49.8 Å². The number of nitrogens with two attached hydrogens (primary N) is 1. The summed E-state index contributed by atoms with van der Waals surface area (Å²) in [6.07, 6.45) is 8.76. The van der Waals surface area contributed by atoms with Crippen molar-refractivity contribution >= 4 is 16.6 Å². The molecule has 2 aliphatic rings. The number of nitrogens with zero attached hydrogens (tertiary/aromatic N) is 1. The minimum Gasteiger partial charge on any atom is -0.353 e. The van der Waals surface area contributed by atoms with Gasteiger partial charge in [0.1, 0.15) is 6.04 Å². The van der Waals surface area contributed by atoms with Crippen molar-refractivity contribution in [3.05, 3.63) is 39.6 Å². The Morgan fingerprint density at radius 3 is 2.92 bits per heavy atom. The predicted molar refractivity (Wildman–Crippen MR) is 94.0 cm³/mol. The van der Waals surface area contributed by atoms with Gasteiger partial charge in [-0.1, -0.05) is 13.3 Å². The molecule has 5 heteroatoms. The van der Waals surface area contributed by atoms with Crippen LogP contribution < -0.4 is 5.32 Å². The molecule has 1 fully saturated rings. The van der Waals surface area contributed by atoms with E-state index in [9.17, 15) is 10.1 Å². The number of aromatic nitrogens is 1. The van der Waals surface area contributed by atoms with Crippen LogP contribution in [0.2, 0.25) is 0 Å². The van der Waals surface area contributed by atoms with Crippen molar-refractivity contribution in [3.8, 4) is 0 Å². The number of non-ortho nitro benzene ring substituents is 1. The maximum atomic E-state index is 11.1. The second-order valence-electron chi connectivity index (χ2n) is 7.73. The van der Waals surface area contributed by atoms with Crippen LogP contribution in [0.25, 0.3) is 10.9 Å². The zero-order chi connectivity index (χ0) is 16.7. The molecule has 0 amide bonds. The fourth-order valence-corrected chi connectivity index (χ4v) is 4.78. The van der Waals surface area contributed by atoms with Gasteiger partial charge < -0.3 is 10.3 Å². The molecule has 4 rings (SSSR count). The molecule has 5 nitrogen and oxygen atoms in total. The van der Waals surface area contributed by atoms with Crippen LogP contribution in [0.1, 0.15) is 62.7 Å². The summed E-state index contributed by atoms with van der Waals surface area (Å²) in [6, 6.07) is 6.42. The van der Waals surface area contributed by atoms with E-state index < -0.39 is 0 Å². The van der Waals surface area contributed by atoms with Crippen LogP contribution in [0, 0.1) is 16.0 Å². The Bertz CT molecular complexity index is 767. The second-order valence-corrected chi connectivity index (χ2v) is 7.73. The van der Waals surface area contributed by atoms with Crippen molar-refractivity contribution in [2.75, 3.05) is 0 Å². The van der Waals surface area contributed by atoms with Gasteiger partial charge in [0.15, 0.2) is 0 Å². The number of quaternary nitrogens is 1. The Balaban J connectivity index is 1.64. The van der Waals surface area contributed by atoms with Crippen molar-refractivity contribution in [1.82, 2.24) is 4.98 Å². The van der Waals surface area contributed by atoms with Gasteiger partial charge in [0.05, 0.1) is 16.7 Å². The molecule has 0 spiro atoms. The molecule has 0 radical (unpaired) electrons. The van der Waals surface area contributed by atoms with E-state index in [2.05, 4.69) is 17.2 Å². The van der Waals surface area contributed by atoms with E-state index in [0.717, 1.165) is 29.3 Å². The lowest BCUT2D eigenvalue weighted by molar-refractivity contribution is -0.732. The quantitative estimate of drug-likeness (QED) is 0.667. The molecule has 1 aromatic heterocycles. The van der Waals surface area contributed by atoms with Crippen LogP contribution >= 0.6 is 0 Å². The van der Waals surface area contributed by atoms with Crippen LogP contribution in [0.4, 0.5) is 5.69 Å². The fraction of sp³-hybridized carbons (Fsp3) is 0.579. The van der Waals surface area contributed by atoms with E-state index >= 15 is 0 Å². The lowest BCUT2D eigenvalue weighted by Gasteiger charge is -2.30. The molecule has 3 N–H and O–H groups in total. The highest BCUT2D eigenvalue weighted by molar-refractivity contribution is 5.87. The van der Waals surface area contributed by atoms with E-state index in [1.54, 1.807) is 12.1 Å². The molecule has 0 bridgehead atoms. The zero-order valence-corrected chi connectivity index (χ0v) is 14.3. The number of rotatable bonds is 3. The third kappa shape index (κ3) is 2.81. The first kappa shape index (κ1) is 15.6. The number of nitro groups is 1. The first-order chi connectivity index (χ1) is 11.6. The van der Waals surface area contributed by atoms with Crippen LogP contribution in [0.15, 0.2) is 18.2 Å². The lowest BCUT2D eigenvalue weighted by atomic mass is 9.85. The van der Waals surface area contributed by atoms with Crippen molar-refractivity contribution in [1.29, 1.82) is 0 Å². The molecule has 128 valence electrons. The molecular formula is C19H26N3O2+. The third-order valence-corrected chi connectivity index (χ3v) is 5.93. The number of hydrogen-bond donors (Lipinski definition) is 2.